The van der Waals surface area contributed by atoms with Gasteiger partial charge in [-0.05, 0) is 56.7 Å². The summed E-state index contributed by atoms with van der Waals surface area (Å²) in [4.78, 5) is 0. The van der Waals surface area contributed by atoms with Crippen LogP contribution in [0.3, 0.4) is 0 Å². The van der Waals surface area contributed by atoms with Gasteiger partial charge in [-0.1, -0.05) is 11.6 Å². The first kappa shape index (κ1) is 11.9. The number of allylic oxidation sites excluding steroid dienone is 1. The number of phenolic OH excluding ortho intramolecular Hbond substituents is 1. The Kier molecular flexibility index (Phi) is 2.60. The molecular formula is C15H17ClO2. The minimum absolute atomic E-state index is 0.0890. The maximum absolute atomic E-state index is 9.71. The van der Waals surface area contributed by atoms with Crippen molar-refractivity contribution in [2.24, 2.45) is 0 Å². The van der Waals surface area contributed by atoms with Gasteiger partial charge in [0.15, 0.2) is 0 Å². The number of rotatable bonds is 0. The molecule has 0 atom stereocenters. The van der Waals surface area contributed by atoms with Gasteiger partial charge >= 0.3 is 0 Å². The fraction of sp³-hybridized carbons (Fsp3) is 0.467. The van der Waals surface area contributed by atoms with Crippen LogP contribution < -0.4 is 4.74 Å². The SMILES string of the molecule is CC1(C)Oc2cc(O)c(Cl)cc2C2=C1CCCC2. The number of hydrogen-bond acceptors (Lipinski definition) is 2. The van der Waals surface area contributed by atoms with E-state index >= 15 is 0 Å². The maximum atomic E-state index is 9.71. The highest BCUT2D eigenvalue weighted by Gasteiger charge is 2.36. The number of halogens is 1. The Morgan fingerprint density at radius 1 is 1.22 bits per heavy atom. The molecular weight excluding hydrogens is 248 g/mol. The largest absolute Gasteiger partial charge is 0.506 e. The van der Waals surface area contributed by atoms with Gasteiger partial charge in [0.05, 0.1) is 5.02 Å². The lowest BCUT2D eigenvalue weighted by Gasteiger charge is -2.39. The molecule has 0 bridgehead atoms. The third kappa shape index (κ3) is 1.71. The number of fused-ring (bicyclic) bond motifs is 2. The van der Waals surface area contributed by atoms with Gasteiger partial charge in [0.2, 0.25) is 0 Å². The molecule has 3 heteroatoms. The molecule has 2 aliphatic rings. The van der Waals surface area contributed by atoms with E-state index < -0.39 is 0 Å². The second-order valence-electron chi connectivity index (χ2n) is 5.58. The zero-order chi connectivity index (χ0) is 12.9. The summed E-state index contributed by atoms with van der Waals surface area (Å²) in [7, 11) is 0. The molecule has 2 nitrogen and oxygen atoms in total. The van der Waals surface area contributed by atoms with Crippen molar-refractivity contribution in [2.45, 2.75) is 45.1 Å². The van der Waals surface area contributed by atoms with Crippen molar-refractivity contribution in [3.05, 3.63) is 28.3 Å². The van der Waals surface area contributed by atoms with E-state index in [2.05, 4.69) is 13.8 Å². The maximum Gasteiger partial charge on any atom is 0.137 e. The molecule has 1 N–H and O–H groups in total. The molecule has 0 spiro atoms. The highest BCUT2D eigenvalue weighted by atomic mass is 35.5. The van der Waals surface area contributed by atoms with Gasteiger partial charge in [0.25, 0.3) is 0 Å². The molecule has 0 aromatic heterocycles. The van der Waals surface area contributed by atoms with E-state index in [0.29, 0.717) is 5.02 Å². The zero-order valence-electron chi connectivity index (χ0n) is 10.7. The van der Waals surface area contributed by atoms with E-state index in [9.17, 15) is 5.11 Å². The summed E-state index contributed by atoms with van der Waals surface area (Å²) < 4.78 is 6.05. The summed E-state index contributed by atoms with van der Waals surface area (Å²) in [5.74, 6) is 0.841. The van der Waals surface area contributed by atoms with Crippen molar-refractivity contribution in [1.29, 1.82) is 0 Å². The Morgan fingerprint density at radius 3 is 2.72 bits per heavy atom. The van der Waals surface area contributed by atoms with E-state index in [0.717, 1.165) is 24.2 Å². The van der Waals surface area contributed by atoms with Crippen LogP contribution >= 0.6 is 11.6 Å². The van der Waals surface area contributed by atoms with Crippen LogP contribution in [0.15, 0.2) is 17.7 Å². The lowest BCUT2D eigenvalue weighted by molar-refractivity contribution is 0.137. The van der Waals surface area contributed by atoms with Crippen LogP contribution in [-0.4, -0.2) is 10.7 Å². The molecule has 0 amide bonds. The van der Waals surface area contributed by atoms with Crippen LogP contribution in [0, 0.1) is 0 Å². The monoisotopic (exact) mass is 264 g/mol. The first-order chi connectivity index (χ1) is 8.49. The van der Waals surface area contributed by atoms with Gasteiger partial charge in [-0.15, -0.1) is 0 Å². The van der Waals surface area contributed by atoms with E-state index in [1.54, 1.807) is 6.07 Å². The zero-order valence-corrected chi connectivity index (χ0v) is 11.5. The van der Waals surface area contributed by atoms with Gasteiger partial charge < -0.3 is 9.84 Å². The van der Waals surface area contributed by atoms with Gasteiger partial charge in [0.1, 0.15) is 17.1 Å². The molecule has 0 fully saturated rings. The van der Waals surface area contributed by atoms with Crippen molar-refractivity contribution in [3.63, 3.8) is 0 Å². The average Bonchev–Trinajstić information content (AvgIpc) is 2.32. The molecule has 1 aromatic rings. The summed E-state index contributed by atoms with van der Waals surface area (Å²) >= 11 is 6.02. The van der Waals surface area contributed by atoms with Crippen LogP contribution in [0.2, 0.25) is 5.02 Å². The summed E-state index contributed by atoms with van der Waals surface area (Å²) in [6.07, 6.45) is 4.62. The smallest absolute Gasteiger partial charge is 0.137 e. The summed E-state index contributed by atoms with van der Waals surface area (Å²) in [6, 6.07) is 3.47. The highest BCUT2D eigenvalue weighted by Crippen LogP contribution is 2.49. The molecule has 1 aliphatic carbocycles. The second kappa shape index (κ2) is 3.92. The van der Waals surface area contributed by atoms with Crippen molar-refractivity contribution in [2.75, 3.05) is 0 Å². The highest BCUT2D eigenvalue weighted by molar-refractivity contribution is 6.32. The van der Waals surface area contributed by atoms with Crippen LogP contribution in [0.1, 0.15) is 45.1 Å². The van der Waals surface area contributed by atoms with Crippen LogP contribution in [0.25, 0.3) is 5.57 Å². The number of ether oxygens (including phenoxy) is 1. The molecule has 0 saturated heterocycles. The molecule has 96 valence electrons. The van der Waals surface area contributed by atoms with E-state index in [1.807, 2.05) is 6.07 Å². The quantitative estimate of drug-likeness (QED) is 0.745. The van der Waals surface area contributed by atoms with Crippen LogP contribution in [0.5, 0.6) is 11.5 Å². The molecule has 18 heavy (non-hydrogen) atoms. The number of aromatic hydroxyl groups is 1. The number of phenols is 1. The Morgan fingerprint density at radius 2 is 1.94 bits per heavy atom. The molecule has 0 saturated carbocycles. The number of benzene rings is 1. The summed E-state index contributed by atoms with van der Waals surface area (Å²) in [6.45, 7) is 4.20. The Bertz CT molecular complexity index is 544. The van der Waals surface area contributed by atoms with E-state index in [-0.39, 0.29) is 11.4 Å². The standard InChI is InChI=1S/C15H17ClO2/c1-15(2)11-6-4-3-5-9(11)10-7-12(16)13(17)8-14(10)18-15/h7-8,17H,3-6H2,1-2H3. The minimum Gasteiger partial charge on any atom is -0.506 e. The molecule has 1 heterocycles. The first-order valence-corrected chi connectivity index (χ1v) is 6.81. The first-order valence-electron chi connectivity index (χ1n) is 6.43. The Hall–Kier alpha value is -1.15. The van der Waals surface area contributed by atoms with Gasteiger partial charge in [-0.25, -0.2) is 0 Å². The van der Waals surface area contributed by atoms with Crippen molar-refractivity contribution < 1.29 is 9.84 Å². The molecule has 0 unspecified atom stereocenters. The van der Waals surface area contributed by atoms with Gasteiger partial charge in [-0.3, -0.25) is 0 Å². The van der Waals surface area contributed by atoms with Crippen molar-refractivity contribution >= 4 is 17.2 Å². The second-order valence-corrected chi connectivity index (χ2v) is 5.98. The minimum atomic E-state index is -0.275. The average molecular weight is 265 g/mol. The van der Waals surface area contributed by atoms with Crippen molar-refractivity contribution in [3.8, 4) is 11.5 Å². The molecule has 3 rings (SSSR count). The predicted octanol–water partition coefficient (Wildman–Crippen LogP) is 4.54. The predicted molar refractivity (Wildman–Crippen MR) is 73.2 cm³/mol. The van der Waals surface area contributed by atoms with Crippen molar-refractivity contribution in [1.82, 2.24) is 0 Å². The fourth-order valence-electron chi connectivity index (χ4n) is 3.07. The normalized spacial score (nSPS) is 21.1. The van der Waals surface area contributed by atoms with E-state index in [4.69, 9.17) is 16.3 Å². The molecule has 1 aromatic carbocycles. The topological polar surface area (TPSA) is 29.5 Å². The van der Waals surface area contributed by atoms with Crippen LogP contribution in [0.4, 0.5) is 0 Å². The van der Waals surface area contributed by atoms with Gasteiger partial charge in [0, 0.05) is 11.6 Å². The van der Waals surface area contributed by atoms with Crippen LogP contribution in [-0.2, 0) is 0 Å². The van der Waals surface area contributed by atoms with E-state index in [1.165, 1.54) is 24.0 Å². The molecule has 0 radical (unpaired) electrons. The third-order valence-electron chi connectivity index (χ3n) is 3.93. The Balaban J connectivity index is 2.23. The van der Waals surface area contributed by atoms with Gasteiger partial charge in [-0.2, -0.15) is 0 Å². The summed E-state index contributed by atoms with van der Waals surface area (Å²) in [5, 5.41) is 10.1. The lowest BCUT2D eigenvalue weighted by atomic mass is 9.78. The lowest BCUT2D eigenvalue weighted by Crippen LogP contribution is -2.35. The number of hydrogen-bond donors (Lipinski definition) is 1. The summed E-state index contributed by atoms with van der Waals surface area (Å²) in [5.41, 5.74) is 3.55. The fourth-order valence-corrected chi connectivity index (χ4v) is 3.23. The Labute approximate surface area is 112 Å². The third-order valence-corrected chi connectivity index (χ3v) is 4.24. The molecule has 1 aliphatic heterocycles.